The van der Waals surface area contributed by atoms with Crippen LogP contribution in [0.1, 0.15) is 71.6 Å². The highest BCUT2D eigenvalue weighted by Gasteiger charge is 2.64. The van der Waals surface area contributed by atoms with E-state index in [9.17, 15) is 9.59 Å². The molecule has 4 aliphatic rings. The summed E-state index contributed by atoms with van der Waals surface area (Å²) in [6, 6.07) is 0. The molecule has 3 nitrogen and oxygen atoms in total. The second-order valence-electron chi connectivity index (χ2n) is 9.47. The standard InChI is InChI=1S/C21H32O3/c1-20-11-5-4-6-13(20)7-8-14-15-9-10-16(19(23)24-3)21(15,2)18(22)12-17(14)20/h13-17H,4-12H2,1-3H3. The number of carbonyl (C=O) groups excluding carboxylic acids is 2. The van der Waals surface area contributed by atoms with E-state index in [4.69, 9.17) is 4.74 Å². The van der Waals surface area contributed by atoms with E-state index in [1.807, 2.05) is 0 Å². The maximum atomic E-state index is 13.3. The van der Waals surface area contributed by atoms with Gasteiger partial charge in [-0.15, -0.1) is 0 Å². The average Bonchev–Trinajstić information content (AvgIpc) is 2.93. The number of ketones is 1. The van der Waals surface area contributed by atoms with Crippen molar-refractivity contribution in [3.05, 3.63) is 0 Å². The Labute approximate surface area is 145 Å². The van der Waals surface area contributed by atoms with Gasteiger partial charge in [0.15, 0.2) is 0 Å². The van der Waals surface area contributed by atoms with Crippen LogP contribution in [0, 0.1) is 40.4 Å². The molecule has 0 aliphatic heterocycles. The van der Waals surface area contributed by atoms with Crippen molar-refractivity contribution in [3.63, 3.8) is 0 Å². The molecule has 7 unspecified atom stereocenters. The third-order valence-corrected chi connectivity index (χ3v) is 8.93. The molecule has 3 heteroatoms. The van der Waals surface area contributed by atoms with Crippen LogP contribution in [0.4, 0.5) is 0 Å². The summed E-state index contributed by atoms with van der Waals surface area (Å²) in [4.78, 5) is 25.6. The zero-order valence-electron chi connectivity index (χ0n) is 15.5. The molecule has 4 saturated carbocycles. The number of hydrogen-bond donors (Lipinski definition) is 0. The van der Waals surface area contributed by atoms with Crippen LogP contribution in [0.15, 0.2) is 0 Å². The molecule has 0 amide bonds. The van der Waals surface area contributed by atoms with Gasteiger partial charge in [-0.05, 0) is 67.6 Å². The third-order valence-electron chi connectivity index (χ3n) is 8.93. The smallest absolute Gasteiger partial charge is 0.309 e. The molecule has 0 bridgehead atoms. The van der Waals surface area contributed by atoms with E-state index in [1.165, 1.54) is 45.6 Å². The van der Waals surface area contributed by atoms with Crippen LogP contribution in [0.25, 0.3) is 0 Å². The number of Topliss-reactive ketones (excluding diaryl/α,β-unsaturated/α-hetero) is 1. The molecule has 0 radical (unpaired) electrons. The Bertz CT molecular complexity index is 555. The van der Waals surface area contributed by atoms with Gasteiger partial charge < -0.3 is 4.74 Å². The highest BCUT2D eigenvalue weighted by atomic mass is 16.5. The van der Waals surface area contributed by atoms with Crippen molar-refractivity contribution in [2.75, 3.05) is 7.11 Å². The highest BCUT2D eigenvalue weighted by molar-refractivity contribution is 5.92. The van der Waals surface area contributed by atoms with E-state index < -0.39 is 5.41 Å². The van der Waals surface area contributed by atoms with Gasteiger partial charge in [0, 0.05) is 11.8 Å². The van der Waals surface area contributed by atoms with E-state index in [0.29, 0.717) is 35.4 Å². The fourth-order valence-electron chi connectivity index (χ4n) is 7.53. The maximum Gasteiger partial charge on any atom is 0.309 e. The van der Waals surface area contributed by atoms with Gasteiger partial charge in [-0.25, -0.2) is 0 Å². The second kappa shape index (κ2) is 5.57. The first kappa shape index (κ1) is 16.6. The maximum absolute atomic E-state index is 13.3. The number of rotatable bonds is 1. The fraction of sp³-hybridized carbons (Fsp3) is 0.905. The van der Waals surface area contributed by atoms with Crippen LogP contribution in [-0.4, -0.2) is 18.9 Å². The van der Waals surface area contributed by atoms with E-state index in [2.05, 4.69) is 13.8 Å². The Balaban J connectivity index is 1.68. The van der Waals surface area contributed by atoms with E-state index in [1.54, 1.807) is 0 Å². The Morgan fingerprint density at radius 2 is 1.83 bits per heavy atom. The van der Waals surface area contributed by atoms with Gasteiger partial charge >= 0.3 is 5.97 Å². The monoisotopic (exact) mass is 332 g/mol. The van der Waals surface area contributed by atoms with Gasteiger partial charge in [-0.2, -0.15) is 0 Å². The summed E-state index contributed by atoms with van der Waals surface area (Å²) in [7, 11) is 1.46. The molecule has 0 aromatic carbocycles. The SMILES string of the molecule is COC(=O)C1CCC2C3CCC4CCCCC4(C)C3CC(=O)C12C. The predicted octanol–water partition coefficient (Wildman–Crippen LogP) is 4.39. The number of fused-ring (bicyclic) bond motifs is 5. The van der Waals surface area contributed by atoms with Gasteiger partial charge in [-0.1, -0.05) is 26.7 Å². The molecule has 4 aliphatic carbocycles. The topological polar surface area (TPSA) is 43.4 Å². The molecular weight excluding hydrogens is 300 g/mol. The Hall–Kier alpha value is -0.860. The molecule has 4 rings (SSSR count). The van der Waals surface area contributed by atoms with Crippen LogP contribution in [0.2, 0.25) is 0 Å². The Morgan fingerprint density at radius 3 is 2.58 bits per heavy atom. The van der Waals surface area contributed by atoms with Crippen molar-refractivity contribution in [3.8, 4) is 0 Å². The molecule has 24 heavy (non-hydrogen) atoms. The summed E-state index contributed by atoms with van der Waals surface area (Å²) in [5.41, 5.74) is -0.104. The number of hydrogen-bond acceptors (Lipinski definition) is 3. The Kier molecular flexibility index (Phi) is 3.85. The van der Waals surface area contributed by atoms with Crippen LogP contribution in [-0.2, 0) is 14.3 Å². The van der Waals surface area contributed by atoms with E-state index >= 15 is 0 Å². The predicted molar refractivity (Wildman–Crippen MR) is 92.2 cm³/mol. The fourth-order valence-corrected chi connectivity index (χ4v) is 7.53. The van der Waals surface area contributed by atoms with Crippen molar-refractivity contribution >= 4 is 11.8 Å². The summed E-state index contributed by atoms with van der Waals surface area (Å²) in [6.45, 7) is 4.57. The Morgan fingerprint density at radius 1 is 1.04 bits per heavy atom. The summed E-state index contributed by atoms with van der Waals surface area (Å²) in [5.74, 6) is 2.39. The molecule has 0 aromatic rings. The minimum absolute atomic E-state index is 0.163. The largest absolute Gasteiger partial charge is 0.469 e. The number of esters is 1. The van der Waals surface area contributed by atoms with Gasteiger partial charge in [0.25, 0.3) is 0 Å². The minimum Gasteiger partial charge on any atom is -0.469 e. The molecule has 0 spiro atoms. The molecule has 7 atom stereocenters. The van der Waals surface area contributed by atoms with Crippen molar-refractivity contribution < 1.29 is 14.3 Å². The van der Waals surface area contributed by atoms with Crippen molar-refractivity contribution in [1.29, 1.82) is 0 Å². The van der Waals surface area contributed by atoms with Gasteiger partial charge in [0.05, 0.1) is 13.0 Å². The first-order valence-corrected chi connectivity index (χ1v) is 10.0. The van der Waals surface area contributed by atoms with E-state index in [0.717, 1.165) is 18.8 Å². The lowest BCUT2D eigenvalue weighted by molar-refractivity contribution is -0.166. The molecule has 0 heterocycles. The summed E-state index contributed by atoms with van der Waals surface area (Å²) >= 11 is 0. The number of carbonyl (C=O) groups is 2. The minimum atomic E-state index is -0.466. The first-order valence-electron chi connectivity index (χ1n) is 10.0. The van der Waals surface area contributed by atoms with Crippen LogP contribution in [0.5, 0.6) is 0 Å². The van der Waals surface area contributed by atoms with Crippen molar-refractivity contribution in [2.24, 2.45) is 40.4 Å². The zero-order valence-corrected chi connectivity index (χ0v) is 15.5. The zero-order chi connectivity index (χ0) is 17.1. The molecule has 0 N–H and O–H groups in total. The lowest BCUT2D eigenvalue weighted by Gasteiger charge is -2.59. The normalized spacial score (nSPS) is 50.6. The van der Waals surface area contributed by atoms with Crippen molar-refractivity contribution in [2.45, 2.75) is 71.6 Å². The van der Waals surface area contributed by atoms with Crippen LogP contribution >= 0.6 is 0 Å². The molecule has 4 fully saturated rings. The van der Waals surface area contributed by atoms with Crippen molar-refractivity contribution in [1.82, 2.24) is 0 Å². The first-order chi connectivity index (χ1) is 11.4. The lowest BCUT2D eigenvalue weighted by atomic mass is 9.44. The van der Waals surface area contributed by atoms with Gasteiger partial charge in [0.1, 0.15) is 5.78 Å². The van der Waals surface area contributed by atoms with Gasteiger partial charge in [0.2, 0.25) is 0 Å². The quantitative estimate of drug-likeness (QED) is 0.669. The molecule has 0 saturated heterocycles. The van der Waals surface area contributed by atoms with Crippen LogP contribution < -0.4 is 0 Å². The second-order valence-corrected chi connectivity index (χ2v) is 9.47. The average molecular weight is 332 g/mol. The van der Waals surface area contributed by atoms with Gasteiger partial charge in [-0.3, -0.25) is 9.59 Å². The molecule has 134 valence electrons. The summed E-state index contributed by atoms with van der Waals surface area (Å²) in [5, 5.41) is 0. The van der Waals surface area contributed by atoms with E-state index in [-0.39, 0.29) is 11.9 Å². The highest BCUT2D eigenvalue weighted by Crippen LogP contribution is 2.66. The summed E-state index contributed by atoms with van der Waals surface area (Å²) < 4.78 is 5.05. The summed E-state index contributed by atoms with van der Waals surface area (Å²) in [6.07, 6.45) is 10.5. The third kappa shape index (κ3) is 2.02. The lowest BCUT2D eigenvalue weighted by Crippen LogP contribution is -2.56. The molecule has 0 aromatic heterocycles. The molecular formula is C21H32O3. The number of methoxy groups -OCH3 is 1. The van der Waals surface area contributed by atoms with Crippen LogP contribution in [0.3, 0.4) is 0 Å². The number of ether oxygens (including phenoxy) is 1.